The molecule has 3 nitrogen and oxygen atoms in total. The highest BCUT2D eigenvalue weighted by molar-refractivity contribution is 6.34. The first-order valence-corrected chi connectivity index (χ1v) is 4.11. The zero-order valence-electron chi connectivity index (χ0n) is 6.25. The molecule has 5 heteroatoms. The lowest BCUT2D eigenvalue weighted by Crippen LogP contribution is -1.96. The standard InChI is InChI=1S/C7H5Cl2N3.CH4/c1-4-2-3-5-6(8)10-7(9)11-12(4)5;/h2-3H,1H3;1H4. The van der Waals surface area contributed by atoms with Crippen molar-refractivity contribution in [1.29, 1.82) is 0 Å². The summed E-state index contributed by atoms with van der Waals surface area (Å²) in [6.45, 7) is 1.92. The van der Waals surface area contributed by atoms with E-state index in [0.717, 1.165) is 11.2 Å². The topological polar surface area (TPSA) is 30.2 Å². The SMILES string of the molecule is C.Cc1ccc2c(Cl)nc(Cl)nn12. The maximum absolute atomic E-state index is 5.82. The highest BCUT2D eigenvalue weighted by Crippen LogP contribution is 2.17. The Bertz CT molecular complexity index is 436. The van der Waals surface area contributed by atoms with Crippen molar-refractivity contribution in [2.75, 3.05) is 0 Å². The van der Waals surface area contributed by atoms with Crippen LogP contribution in [0.25, 0.3) is 5.52 Å². The normalized spacial score (nSPS) is 10.1. The van der Waals surface area contributed by atoms with Gasteiger partial charge in [0, 0.05) is 5.69 Å². The third-order valence-corrected chi connectivity index (χ3v) is 2.07. The Balaban J connectivity index is 0.000000845. The van der Waals surface area contributed by atoms with E-state index in [2.05, 4.69) is 10.1 Å². The van der Waals surface area contributed by atoms with Crippen molar-refractivity contribution in [3.63, 3.8) is 0 Å². The summed E-state index contributed by atoms with van der Waals surface area (Å²) >= 11 is 11.4. The quantitative estimate of drug-likeness (QED) is 0.680. The average molecular weight is 218 g/mol. The van der Waals surface area contributed by atoms with Crippen molar-refractivity contribution in [2.45, 2.75) is 14.4 Å². The third-order valence-electron chi connectivity index (χ3n) is 1.63. The Morgan fingerprint density at radius 2 is 2.00 bits per heavy atom. The molecular weight excluding hydrogens is 209 g/mol. The zero-order valence-corrected chi connectivity index (χ0v) is 7.76. The van der Waals surface area contributed by atoms with Crippen molar-refractivity contribution >= 4 is 28.7 Å². The van der Waals surface area contributed by atoms with Gasteiger partial charge >= 0.3 is 0 Å². The molecule has 0 aromatic carbocycles. The Labute approximate surface area is 86.3 Å². The van der Waals surface area contributed by atoms with Gasteiger partial charge in [-0.15, -0.1) is 5.10 Å². The van der Waals surface area contributed by atoms with Crippen LogP contribution in [0.15, 0.2) is 12.1 Å². The van der Waals surface area contributed by atoms with Crippen LogP contribution in [0.5, 0.6) is 0 Å². The molecule has 0 radical (unpaired) electrons. The second-order valence-corrected chi connectivity index (χ2v) is 3.14. The number of aryl methyl sites for hydroxylation is 1. The summed E-state index contributed by atoms with van der Waals surface area (Å²) in [5.74, 6) is 0. The van der Waals surface area contributed by atoms with E-state index in [-0.39, 0.29) is 12.7 Å². The lowest BCUT2D eigenvalue weighted by molar-refractivity contribution is 0.873. The summed E-state index contributed by atoms with van der Waals surface area (Å²) in [5.41, 5.74) is 1.76. The fraction of sp³-hybridized carbons (Fsp3) is 0.250. The van der Waals surface area contributed by atoms with Gasteiger partial charge in [-0.25, -0.2) is 9.50 Å². The lowest BCUT2D eigenvalue weighted by Gasteiger charge is -1.97. The van der Waals surface area contributed by atoms with E-state index in [1.54, 1.807) is 4.52 Å². The number of hydrogen-bond donors (Lipinski definition) is 0. The van der Waals surface area contributed by atoms with E-state index in [9.17, 15) is 0 Å². The molecule has 0 amide bonds. The molecule has 0 saturated carbocycles. The summed E-state index contributed by atoms with van der Waals surface area (Å²) in [6, 6.07) is 3.76. The second-order valence-electron chi connectivity index (χ2n) is 2.44. The first-order valence-electron chi connectivity index (χ1n) is 3.36. The van der Waals surface area contributed by atoms with E-state index < -0.39 is 0 Å². The molecule has 2 aromatic rings. The van der Waals surface area contributed by atoms with Gasteiger partial charge in [-0.1, -0.05) is 19.0 Å². The van der Waals surface area contributed by atoms with Gasteiger partial charge in [-0.2, -0.15) is 0 Å². The smallest absolute Gasteiger partial charge is 0.232 e. The molecule has 0 N–H and O–H groups in total. The van der Waals surface area contributed by atoms with Gasteiger partial charge < -0.3 is 0 Å². The number of halogens is 2. The van der Waals surface area contributed by atoms with Crippen molar-refractivity contribution in [1.82, 2.24) is 14.6 Å². The predicted molar refractivity (Wildman–Crippen MR) is 54.5 cm³/mol. The molecular formula is C8H9Cl2N3. The summed E-state index contributed by atoms with van der Waals surface area (Å²) in [7, 11) is 0. The maximum atomic E-state index is 5.82. The third kappa shape index (κ3) is 1.62. The van der Waals surface area contributed by atoms with Gasteiger partial charge in [0.25, 0.3) is 0 Å². The molecule has 0 fully saturated rings. The Kier molecular flexibility index (Phi) is 2.78. The maximum Gasteiger partial charge on any atom is 0.242 e. The first-order chi connectivity index (χ1) is 5.68. The minimum Gasteiger partial charge on any atom is -0.232 e. The number of fused-ring (bicyclic) bond motifs is 1. The van der Waals surface area contributed by atoms with Crippen LogP contribution in [-0.4, -0.2) is 14.6 Å². The van der Waals surface area contributed by atoms with Crippen LogP contribution in [0.2, 0.25) is 10.4 Å². The second kappa shape index (κ2) is 3.52. The predicted octanol–water partition coefficient (Wildman–Crippen LogP) is 2.98. The molecule has 13 heavy (non-hydrogen) atoms. The van der Waals surface area contributed by atoms with E-state index in [1.165, 1.54) is 0 Å². The molecule has 2 aromatic heterocycles. The highest BCUT2D eigenvalue weighted by Gasteiger charge is 2.05. The number of nitrogens with zero attached hydrogens (tertiary/aromatic N) is 3. The molecule has 0 saturated heterocycles. The fourth-order valence-electron chi connectivity index (χ4n) is 1.06. The van der Waals surface area contributed by atoms with Gasteiger partial charge in [-0.05, 0) is 30.7 Å². The summed E-state index contributed by atoms with van der Waals surface area (Å²) < 4.78 is 1.66. The number of aromatic nitrogens is 3. The Morgan fingerprint density at radius 3 is 2.69 bits per heavy atom. The van der Waals surface area contributed by atoms with Crippen LogP contribution in [-0.2, 0) is 0 Å². The van der Waals surface area contributed by atoms with Crippen molar-refractivity contribution < 1.29 is 0 Å². The van der Waals surface area contributed by atoms with E-state index in [4.69, 9.17) is 23.2 Å². The zero-order chi connectivity index (χ0) is 8.72. The van der Waals surface area contributed by atoms with Gasteiger partial charge in [-0.3, -0.25) is 0 Å². The van der Waals surface area contributed by atoms with E-state index in [0.29, 0.717) is 5.15 Å². The first kappa shape index (κ1) is 10.3. The molecule has 0 unspecified atom stereocenters. The Morgan fingerprint density at radius 1 is 1.31 bits per heavy atom. The number of rotatable bonds is 0. The Hall–Kier alpha value is -0.800. The van der Waals surface area contributed by atoms with Crippen LogP contribution in [0.4, 0.5) is 0 Å². The molecule has 0 bridgehead atoms. The lowest BCUT2D eigenvalue weighted by atomic mass is 10.5. The van der Waals surface area contributed by atoms with Crippen LogP contribution in [0.3, 0.4) is 0 Å². The van der Waals surface area contributed by atoms with Gasteiger partial charge in [0.15, 0.2) is 5.15 Å². The molecule has 0 spiro atoms. The van der Waals surface area contributed by atoms with E-state index >= 15 is 0 Å². The minimum absolute atomic E-state index is 0. The summed E-state index contributed by atoms with van der Waals surface area (Å²) in [4.78, 5) is 3.81. The van der Waals surface area contributed by atoms with Crippen molar-refractivity contribution in [3.05, 3.63) is 28.3 Å². The molecule has 70 valence electrons. The molecule has 0 aliphatic carbocycles. The van der Waals surface area contributed by atoms with Crippen molar-refractivity contribution in [3.8, 4) is 0 Å². The van der Waals surface area contributed by atoms with Gasteiger partial charge in [0.2, 0.25) is 5.28 Å². The van der Waals surface area contributed by atoms with Crippen LogP contribution in [0, 0.1) is 6.92 Å². The van der Waals surface area contributed by atoms with Crippen LogP contribution in [0.1, 0.15) is 13.1 Å². The van der Waals surface area contributed by atoms with Gasteiger partial charge in [0.1, 0.15) is 5.52 Å². The molecule has 0 atom stereocenters. The fourth-order valence-corrected chi connectivity index (χ4v) is 1.49. The van der Waals surface area contributed by atoms with Crippen LogP contribution >= 0.6 is 23.2 Å². The van der Waals surface area contributed by atoms with E-state index in [1.807, 2.05) is 19.1 Å². The van der Waals surface area contributed by atoms with Crippen LogP contribution < -0.4 is 0 Å². The molecule has 2 heterocycles. The van der Waals surface area contributed by atoms with Gasteiger partial charge in [0.05, 0.1) is 0 Å². The highest BCUT2D eigenvalue weighted by atomic mass is 35.5. The monoisotopic (exact) mass is 217 g/mol. The molecule has 0 aliphatic heterocycles. The minimum atomic E-state index is 0. The summed E-state index contributed by atoms with van der Waals surface area (Å²) in [6.07, 6.45) is 0. The average Bonchev–Trinajstić information content (AvgIpc) is 2.33. The number of hydrogen-bond acceptors (Lipinski definition) is 2. The molecule has 0 aliphatic rings. The summed E-state index contributed by atoms with van der Waals surface area (Å²) in [5, 5.41) is 4.52. The largest absolute Gasteiger partial charge is 0.242 e. The van der Waals surface area contributed by atoms with Crippen molar-refractivity contribution in [2.24, 2.45) is 0 Å². The molecule has 2 rings (SSSR count).